The van der Waals surface area contributed by atoms with Gasteiger partial charge in [0.05, 0.1) is 24.2 Å². The van der Waals surface area contributed by atoms with E-state index in [1.54, 1.807) is 12.1 Å². The fraction of sp³-hybridized carbons (Fsp3) is 0.233. The van der Waals surface area contributed by atoms with Gasteiger partial charge in [0.1, 0.15) is 11.6 Å². The molecule has 1 aromatic heterocycles. The molecule has 0 saturated heterocycles. The molecule has 1 amide bonds. The van der Waals surface area contributed by atoms with Crippen LogP contribution >= 0.6 is 0 Å². The third-order valence-electron chi connectivity index (χ3n) is 6.99. The fourth-order valence-electron chi connectivity index (χ4n) is 5.00. The highest BCUT2D eigenvalue weighted by Crippen LogP contribution is 2.33. The number of anilines is 1. The van der Waals surface area contributed by atoms with E-state index >= 15 is 0 Å². The Balaban J connectivity index is 1.31. The molecule has 0 saturated carbocycles. The van der Waals surface area contributed by atoms with Crippen LogP contribution in [-0.4, -0.2) is 33.9 Å². The lowest BCUT2D eigenvalue weighted by atomic mass is 10.0. The fourth-order valence-corrected chi connectivity index (χ4v) is 5.00. The summed E-state index contributed by atoms with van der Waals surface area (Å²) < 4.78 is 20.1. The van der Waals surface area contributed by atoms with Gasteiger partial charge in [-0.1, -0.05) is 60.7 Å². The molecule has 186 valence electrons. The van der Waals surface area contributed by atoms with Crippen LogP contribution in [-0.2, 0) is 37.1 Å². The van der Waals surface area contributed by atoms with E-state index in [1.807, 2.05) is 35.2 Å². The standard InChI is InChI=1S/C30H27FN4O2/c31-24-11-6-12-25(18-24)37-29-26-20-34(28(36)17-21-7-2-1-3-8-21)16-14-27(26)32-30(33-29)35-15-13-22-9-4-5-10-23(22)19-35/h1-12,18H,13-17,19-20H2. The van der Waals surface area contributed by atoms with Crippen molar-refractivity contribution in [2.75, 3.05) is 18.0 Å². The zero-order valence-corrected chi connectivity index (χ0v) is 20.4. The molecule has 6 rings (SSSR count). The third kappa shape index (κ3) is 5.03. The normalized spacial score (nSPS) is 14.6. The monoisotopic (exact) mass is 494 g/mol. The lowest BCUT2D eigenvalue weighted by Crippen LogP contribution is -2.38. The van der Waals surface area contributed by atoms with Crippen LogP contribution in [0.25, 0.3) is 0 Å². The molecular formula is C30H27FN4O2. The lowest BCUT2D eigenvalue weighted by molar-refractivity contribution is -0.131. The maximum Gasteiger partial charge on any atom is 0.229 e. The molecule has 3 aromatic carbocycles. The average Bonchev–Trinajstić information content (AvgIpc) is 2.93. The van der Waals surface area contributed by atoms with Crippen LogP contribution in [0.3, 0.4) is 0 Å². The summed E-state index contributed by atoms with van der Waals surface area (Å²) in [5.41, 5.74) is 5.24. The highest BCUT2D eigenvalue weighted by molar-refractivity contribution is 5.79. The molecule has 4 aromatic rings. The Morgan fingerprint density at radius 2 is 1.68 bits per heavy atom. The van der Waals surface area contributed by atoms with Gasteiger partial charge in [-0.25, -0.2) is 9.37 Å². The second kappa shape index (κ2) is 10.0. The van der Waals surface area contributed by atoms with Gasteiger partial charge in [-0.3, -0.25) is 4.79 Å². The largest absolute Gasteiger partial charge is 0.438 e. The number of hydrogen-bond acceptors (Lipinski definition) is 5. The molecule has 0 radical (unpaired) electrons. The maximum atomic E-state index is 13.9. The summed E-state index contributed by atoms with van der Waals surface area (Å²) in [7, 11) is 0. The van der Waals surface area contributed by atoms with Crippen LogP contribution in [0.2, 0.25) is 0 Å². The number of fused-ring (bicyclic) bond motifs is 2. The number of amides is 1. The number of carbonyl (C=O) groups excluding carboxylic acids is 1. The first kappa shape index (κ1) is 23.2. The summed E-state index contributed by atoms with van der Waals surface area (Å²) in [6.07, 6.45) is 1.86. The molecule has 37 heavy (non-hydrogen) atoms. The second-order valence-electron chi connectivity index (χ2n) is 9.48. The van der Waals surface area contributed by atoms with Crippen LogP contribution in [0.4, 0.5) is 10.3 Å². The predicted molar refractivity (Wildman–Crippen MR) is 139 cm³/mol. The minimum absolute atomic E-state index is 0.0465. The van der Waals surface area contributed by atoms with Crippen molar-refractivity contribution in [1.29, 1.82) is 0 Å². The molecule has 6 nitrogen and oxygen atoms in total. The molecule has 0 N–H and O–H groups in total. The third-order valence-corrected chi connectivity index (χ3v) is 6.99. The number of ether oxygens (including phenoxy) is 1. The zero-order valence-electron chi connectivity index (χ0n) is 20.4. The molecule has 2 aliphatic heterocycles. The number of nitrogens with zero attached hydrogens (tertiary/aromatic N) is 4. The van der Waals surface area contributed by atoms with Crippen molar-refractivity contribution in [3.63, 3.8) is 0 Å². The summed E-state index contributed by atoms with van der Waals surface area (Å²) in [5, 5.41) is 0. The van der Waals surface area contributed by atoms with Gasteiger partial charge < -0.3 is 14.5 Å². The molecule has 0 unspecified atom stereocenters. The van der Waals surface area contributed by atoms with Gasteiger partial charge in [-0.05, 0) is 35.2 Å². The predicted octanol–water partition coefficient (Wildman–Crippen LogP) is 5.10. The van der Waals surface area contributed by atoms with E-state index in [0.717, 1.165) is 36.3 Å². The smallest absolute Gasteiger partial charge is 0.229 e. The van der Waals surface area contributed by atoms with Crippen molar-refractivity contribution >= 4 is 11.9 Å². The summed E-state index contributed by atoms with van der Waals surface area (Å²) in [4.78, 5) is 26.8. The van der Waals surface area contributed by atoms with Crippen LogP contribution < -0.4 is 9.64 Å². The Labute approximate surface area is 215 Å². The number of hydrogen-bond donors (Lipinski definition) is 0. The first-order chi connectivity index (χ1) is 18.1. The minimum atomic E-state index is -0.382. The van der Waals surface area contributed by atoms with Gasteiger partial charge in [0.2, 0.25) is 17.7 Å². The van der Waals surface area contributed by atoms with Crippen LogP contribution in [0.5, 0.6) is 11.6 Å². The Hall–Kier alpha value is -4.26. The summed E-state index contributed by atoms with van der Waals surface area (Å²) >= 11 is 0. The van der Waals surface area contributed by atoms with Gasteiger partial charge in [0, 0.05) is 32.1 Å². The summed E-state index contributed by atoms with van der Waals surface area (Å²) in [6.45, 7) is 2.46. The van der Waals surface area contributed by atoms with Crippen molar-refractivity contribution in [2.45, 2.75) is 32.4 Å². The topological polar surface area (TPSA) is 58.6 Å². The van der Waals surface area contributed by atoms with Crippen molar-refractivity contribution < 1.29 is 13.9 Å². The summed E-state index contributed by atoms with van der Waals surface area (Å²) in [6, 6.07) is 24.2. The molecule has 0 spiro atoms. The molecule has 0 atom stereocenters. The Morgan fingerprint density at radius 1 is 0.865 bits per heavy atom. The van der Waals surface area contributed by atoms with Gasteiger partial charge in [0.25, 0.3) is 0 Å². The van der Waals surface area contributed by atoms with Crippen molar-refractivity contribution in [3.05, 3.63) is 113 Å². The molecule has 3 heterocycles. The molecule has 0 aliphatic carbocycles. The SMILES string of the molecule is O=C(Cc1ccccc1)N1CCc2nc(N3CCc4ccccc4C3)nc(Oc3cccc(F)c3)c2C1. The average molecular weight is 495 g/mol. The van der Waals surface area contributed by atoms with Crippen molar-refractivity contribution in [3.8, 4) is 11.6 Å². The number of aromatic nitrogens is 2. The zero-order chi connectivity index (χ0) is 25.2. The molecule has 0 fully saturated rings. The second-order valence-corrected chi connectivity index (χ2v) is 9.48. The van der Waals surface area contributed by atoms with E-state index in [4.69, 9.17) is 14.7 Å². The lowest BCUT2D eigenvalue weighted by Gasteiger charge is -2.32. The van der Waals surface area contributed by atoms with E-state index in [-0.39, 0.29) is 11.7 Å². The van der Waals surface area contributed by atoms with Gasteiger partial charge in [0.15, 0.2) is 0 Å². The first-order valence-corrected chi connectivity index (χ1v) is 12.6. The van der Waals surface area contributed by atoms with E-state index in [9.17, 15) is 9.18 Å². The highest BCUT2D eigenvalue weighted by atomic mass is 19.1. The van der Waals surface area contributed by atoms with Crippen LogP contribution in [0.15, 0.2) is 78.9 Å². The molecule has 2 aliphatic rings. The van der Waals surface area contributed by atoms with E-state index < -0.39 is 0 Å². The van der Waals surface area contributed by atoms with Crippen molar-refractivity contribution in [2.24, 2.45) is 0 Å². The molecular weight excluding hydrogens is 467 g/mol. The van der Waals surface area contributed by atoms with Gasteiger partial charge in [-0.2, -0.15) is 4.98 Å². The van der Waals surface area contributed by atoms with Gasteiger partial charge in [-0.15, -0.1) is 0 Å². The van der Waals surface area contributed by atoms with Crippen LogP contribution in [0.1, 0.15) is 27.9 Å². The minimum Gasteiger partial charge on any atom is -0.438 e. The quantitative estimate of drug-likeness (QED) is 0.387. The van der Waals surface area contributed by atoms with Crippen molar-refractivity contribution in [1.82, 2.24) is 14.9 Å². The Kier molecular flexibility index (Phi) is 6.26. The molecule has 0 bridgehead atoms. The first-order valence-electron chi connectivity index (χ1n) is 12.6. The number of rotatable bonds is 5. The molecule has 7 heteroatoms. The Morgan fingerprint density at radius 3 is 2.51 bits per heavy atom. The number of halogens is 1. The summed E-state index contributed by atoms with van der Waals surface area (Å²) in [5.74, 6) is 1.01. The van der Waals surface area contributed by atoms with E-state index in [0.29, 0.717) is 43.5 Å². The van der Waals surface area contributed by atoms with E-state index in [1.165, 1.54) is 23.3 Å². The number of carbonyl (C=O) groups is 1. The van der Waals surface area contributed by atoms with Crippen LogP contribution in [0, 0.1) is 5.82 Å². The highest BCUT2D eigenvalue weighted by Gasteiger charge is 2.28. The number of benzene rings is 3. The maximum absolute atomic E-state index is 13.9. The van der Waals surface area contributed by atoms with E-state index in [2.05, 4.69) is 29.2 Å². The Bertz CT molecular complexity index is 1440. The van der Waals surface area contributed by atoms with Gasteiger partial charge >= 0.3 is 0 Å².